The summed E-state index contributed by atoms with van der Waals surface area (Å²) in [5.74, 6) is 2.00. The first-order valence-electron chi connectivity index (χ1n) is 9.61. The maximum atomic E-state index is 12.5. The van der Waals surface area contributed by atoms with Crippen molar-refractivity contribution in [2.45, 2.75) is 18.9 Å². The average molecular weight is 393 g/mol. The van der Waals surface area contributed by atoms with Crippen LogP contribution in [0.25, 0.3) is 11.3 Å². The van der Waals surface area contributed by atoms with Gasteiger partial charge in [-0.25, -0.2) is 0 Å². The van der Waals surface area contributed by atoms with Crippen molar-refractivity contribution in [3.8, 4) is 22.8 Å². The van der Waals surface area contributed by atoms with Gasteiger partial charge < -0.3 is 23.9 Å². The summed E-state index contributed by atoms with van der Waals surface area (Å²) in [6.45, 7) is 1.36. The van der Waals surface area contributed by atoms with Crippen molar-refractivity contribution in [1.82, 2.24) is 0 Å². The minimum Gasteiger partial charge on any atom is -0.497 e. The molecule has 6 nitrogen and oxygen atoms in total. The van der Waals surface area contributed by atoms with E-state index in [9.17, 15) is 4.79 Å². The number of nitrogens with one attached hydrogen (secondary N) is 1. The molecule has 1 saturated heterocycles. The van der Waals surface area contributed by atoms with Crippen LogP contribution >= 0.6 is 0 Å². The lowest BCUT2D eigenvalue weighted by Gasteiger charge is -2.11. The fourth-order valence-electron chi connectivity index (χ4n) is 3.18. The first-order valence-corrected chi connectivity index (χ1v) is 9.61. The van der Waals surface area contributed by atoms with E-state index in [1.165, 1.54) is 0 Å². The number of carbonyl (C=O) groups is 1. The lowest BCUT2D eigenvalue weighted by molar-refractivity contribution is 0.0679. The molecule has 1 unspecified atom stereocenters. The normalized spacial score (nSPS) is 15.8. The fourth-order valence-corrected chi connectivity index (χ4v) is 3.18. The van der Waals surface area contributed by atoms with Crippen molar-refractivity contribution in [3.05, 3.63) is 66.4 Å². The SMILES string of the molecule is COc1cccc(-c2ccc(C(=O)Nc3ccc(OCC4CCCO4)cc3)o2)c1. The highest BCUT2D eigenvalue weighted by atomic mass is 16.5. The summed E-state index contributed by atoms with van der Waals surface area (Å²) in [4.78, 5) is 12.5. The van der Waals surface area contributed by atoms with Gasteiger partial charge in [0, 0.05) is 17.9 Å². The van der Waals surface area contributed by atoms with Crippen molar-refractivity contribution in [1.29, 1.82) is 0 Å². The molecule has 1 fully saturated rings. The third-order valence-corrected chi connectivity index (χ3v) is 4.76. The Kier molecular flexibility index (Phi) is 5.81. The molecule has 0 radical (unpaired) electrons. The molecule has 0 bridgehead atoms. The van der Waals surface area contributed by atoms with Crippen molar-refractivity contribution >= 4 is 11.6 Å². The van der Waals surface area contributed by atoms with Crippen LogP contribution in [0.3, 0.4) is 0 Å². The topological polar surface area (TPSA) is 69.9 Å². The second-order valence-corrected chi connectivity index (χ2v) is 6.82. The summed E-state index contributed by atoms with van der Waals surface area (Å²) in [5, 5.41) is 2.83. The molecule has 0 saturated carbocycles. The van der Waals surface area contributed by atoms with Gasteiger partial charge in [-0.1, -0.05) is 12.1 Å². The smallest absolute Gasteiger partial charge is 0.291 e. The van der Waals surface area contributed by atoms with Gasteiger partial charge in [-0.15, -0.1) is 0 Å². The van der Waals surface area contributed by atoms with Crippen LogP contribution in [0.2, 0.25) is 0 Å². The Morgan fingerprint density at radius 2 is 1.97 bits per heavy atom. The van der Waals surface area contributed by atoms with E-state index in [4.69, 9.17) is 18.6 Å². The number of ether oxygens (including phenoxy) is 3. The molecule has 2 aromatic carbocycles. The number of hydrogen-bond acceptors (Lipinski definition) is 5. The number of rotatable bonds is 7. The number of furan rings is 1. The van der Waals surface area contributed by atoms with Gasteiger partial charge in [0.2, 0.25) is 0 Å². The van der Waals surface area contributed by atoms with E-state index in [-0.39, 0.29) is 17.8 Å². The molecule has 0 spiro atoms. The zero-order chi connectivity index (χ0) is 20.1. The summed E-state index contributed by atoms with van der Waals surface area (Å²) < 4.78 is 22.2. The molecule has 4 rings (SSSR count). The van der Waals surface area contributed by atoms with Gasteiger partial charge in [-0.2, -0.15) is 0 Å². The number of methoxy groups -OCH3 is 1. The highest BCUT2D eigenvalue weighted by molar-refractivity contribution is 6.02. The highest BCUT2D eigenvalue weighted by Gasteiger charge is 2.16. The molecule has 6 heteroatoms. The molecular weight excluding hydrogens is 370 g/mol. The van der Waals surface area contributed by atoms with Gasteiger partial charge >= 0.3 is 0 Å². The van der Waals surface area contributed by atoms with Gasteiger partial charge in [-0.05, 0) is 61.4 Å². The Balaban J connectivity index is 1.36. The highest BCUT2D eigenvalue weighted by Crippen LogP contribution is 2.26. The molecule has 1 N–H and O–H groups in total. The first kappa shape index (κ1) is 19.1. The van der Waals surface area contributed by atoms with E-state index in [1.807, 2.05) is 36.4 Å². The molecule has 2 heterocycles. The number of amides is 1. The minimum atomic E-state index is -0.313. The molecule has 0 aliphatic carbocycles. The van der Waals surface area contributed by atoms with Crippen molar-refractivity contribution in [2.75, 3.05) is 25.6 Å². The van der Waals surface area contributed by atoms with Crippen LogP contribution in [-0.2, 0) is 4.74 Å². The minimum absolute atomic E-state index is 0.173. The third kappa shape index (κ3) is 4.78. The van der Waals surface area contributed by atoms with Crippen molar-refractivity contribution in [2.24, 2.45) is 0 Å². The molecule has 150 valence electrons. The summed E-state index contributed by atoms with van der Waals surface area (Å²) in [7, 11) is 1.61. The Morgan fingerprint density at radius 1 is 1.10 bits per heavy atom. The standard InChI is InChI=1S/C23H23NO5/c1-26-19-5-2-4-16(14-19)21-11-12-22(29-21)23(25)24-17-7-9-18(10-8-17)28-15-20-6-3-13-27-20/h2,4-5,7-12,14,20H,3,6,13,15H2,1H3,(H,24,25). The third-order valence-electron chi connectivity index (χ3n) is 4.76. The zero-order valence-corrected chi connectivity index (χ0v) is 16.2. The summed E-state index contributed by atoms with van der Waals surface area (Å²) in [5.41, 5.74) is 1.51. The number of benzene rings is 2. The van der Waals surface area contributed by atoms with E-state index in [2.05, 4.69) is 5.32 Å². The Hall–Kier alpha value is -3.25. The maximum Gasteiger partial charge on any atom is 0.291 e. The lowest BCUT2D eigenvalue weighted by atomic mass is 10.2. The number of hydrogen-bond donors (Lipinski definition) is 1. The molecule has 3 aromatic rings. The lowest BCUT2D eigenvalue weighted by Crippen LogP contribution is -2.16. The van der Waals surface area contributed by atoms with E-state index in [1.54, 1.807) is 31.4 Å². The molecule has 1 amide bonds. The van der Waals surface area contributed by atoms with Crippen LogP contribution < -0.4 is 14.8 Å². The van der Waals surface area contributed by atoms with E-state index in [0.29, 0.717) is 18.1 Å². The Morgan fingerprint density at radius 3 is 2.72 bits per heavy atom. The largest absolute Gasteiger partial charge is 0.497 e. The molecule has 1 atom stereocenters. The average Bonchev–Trinajstić information content (AvgIpc) is 3.45. The number of carbonyl (C=O) groups excluding carboxylic acids is 1. The molecule has 1 aromatic heterocycles. The van der Waals surface area contributed by atoms with Crippen LogP contribution in [0.5, 0.6) is 11.5 Å². The van der Waals surface area contributed by atoms with Gasteiger partial charge in [0.25, 0.3) is 5.91 Å². The maximum absolute atomic E-state index is 12.5. The van der Waals surface area contributed by atoms with Gasteiger partial charge in [0.15, 0.2) is 5.76 Å². The van der Waals surface area contributed by atoms with Gasteiger partial charge in [0.1, 0.15) is 23.9 Å². The Labute approximate surface area is 169 Å². The van der Waals surface area contributed by atoms with Crippen LogP contribution in [0, 0.1) is 0 Å². The number of anilines is 1. The molecule has 1 aliphatic rings. The van der Waals surface area contributed by atoms with Gasteiger partial charge in [-0.3, -0.25) is 4.79 Å². The summed E-state index contributed by atoms with van der Waals surface area (Å²) in [6, 6.07) is 18.2. The van der Waals surface area contributed by atoms with Crippen LogP contribution in [0.4, 0.5) is 5.69 Å². The predicted molar refractivity (Wildman–Crippen MR) is 110 cm³/mol. The first-order chi connectivity index (χ1) is 14.2. The van der Waals surface area contributed by atoms with Crippen LogP contribution in [0.15, 0.2) is 65.1 Å². The second kappa shape index (κ2) is 8.84. The Bertz CT molecular complexity index is 957. The second-order valence-electron chi connectivity index (χ2n) is 6.82. The molecule has 1 aliphatic heterocycles. The van der Waals surface area contributed by atoms with Crippen LogP contribution in [0.1, 0.15) is 23.4 Å². The van der Waals surface area contributed by atoms with Crippen LogP contribution in [-0.4, -0.2) is 32.3 Å². The zero-order valence-electron chi connectivity index (χ0n) is 16.2. The van der Waals surface area contributed by atoms with Crippen molar-refractivity contribution < 1.29 is 23.4 Å². The quantitative estimate of drug-likeness (QED) is 0.626. The molecule has 29 heavy (non-hydrogen) atoms. The van der Waals surface area contributed by atoms with E-state index in [0.717, 1.165) is 36.5 Å². The summed E-state index contributed by atoms with van der Waals surface area (Å²) >= 11 is 0. The molecular formula is C23H23NO5. The van der Waals surface area contributed by atoms with Crippen molar-refractivity contribution in [3.63, 3.8) is 0 Å². The van der Waals surface area contributed by atoms with E-state index < -0.39 is 0 Å². The summed E-state index contributed by atoms with van der Waals surface area (Å²) in [6.07, 6.45) is 2.30. The predicted octanol–water partition coefficient (Wildman–Crippen LogP) is 4.77. The van der Waals surface area contributed by atoms with E-state index >= 15 is 0 Å². The van der Waals surface area contributed by atoms with Gasteiger partial charge in [0.05, 0.1) is 13.2 Å². The monoisotopic (exact) mass is 393 g/mol. The fraction of sp³-hybridized carbons (Fsp3) is 0.261.